The fraction of sp³-hybridized carbons (Fsp3) is 0.0526. The van der Waals surface area contributed by atoms with Gasteiger partial charge in [0.25, 0.3) is 5.56 Å². The van der Waals surface area contributed by atoms with Gasteiger partial charge in [-0.2, -0.15) is 0 Å². The lowest BCUT2D eigenvalue weighted by Crippen LogP contribution is -2.31. The number of pyridine rings is 2. The summed E-state index contributed by atoms with van der Waals surface area (Å²) in [5.41, 5.74) is 1.08. The lowest BCUT2D eigenvalue weighted by molar-refractivity contribution is 0.477. The smallest absolute Gasteiger partial charge is 0.330 e. The molecule has 0 saturated carbocycles. The van der Waals surface area contributed by atoms with Crippen molar-refractivity contribution in [3.8, 4) is 17.0 Å². The highest BCUT2D eigenvalue weighted by molar-refractivity contribution is 5.79. The molecule has 0 aliphatic rings. The van der Waals surface area contributed by atoms with Crippen molar-refractivity contribution in [3.63, 3.8) is 0 Å². The molecule has 7 nitrogen and oxygen atoms in total. The average Bonchev–Trinajstić information content (AvgIpc) is 2.66. The molecule has 1 aromatic carbocycles. The topological polar surface area (TPSA) is 101 Å². The number of aromatic amines is 1. The van der Waals surface area contributed by atoms with Crippen LogP contribution in [0.1, 0.15) is 5.56 Å². The second-order valence-electron chi connectivity index (χ2n) is 5.79. The van der Waals surface area contributed by atoms with Gasteiger partial charge in [0.2, 0.25) is 0 Å². The van der Waals surface area contributed by atoms with Crippen LogP contribution in [0, 0.1) is 0 Å². The third-order valence-corrected chi connectivity index (χ3v) is 4.11. The molecule has 4 rings (SSSR count). The molecule has 0 spiro atoms. The Morgan fingerprint density at radius 3 is 2.54 bits per heavy atom. The van der Waals surface area contributed by atoms with E-state index in [0.717, 1.165) is 5.56 Å². The van der Waals surface area contributed by atoms with Gasteiger partial charge in [0.15, 0.2) is 5.65 Å². The van der Waals surface area contributed by atoms with Crippen LogP contribution in [0.3, 0.4) is 0 Å². The van der Waals surface area contributed by atoms with Crippen LogP contribution in [-0.4, -0.2) is 24.6 Å². The number of nitrogens with zero attached hydrogens (tertiary/aromatic N) is 3. The summed E-state index contributed by atoms with van der Waals surface area (Å²) in [6.45, 7) is 0.242. The van der Waals surface area contributed by atoms with Gasteiger partial charge in [-0.15, -0.1) is 0 Å². The Morgan fingerprint density at radius 2 is 1.77 bits per heavy atom. The molecule has 0 atom stereocenters. The Labute approximate surface area is 147 Å². The zero-order valence-electron chi connectivity index (χ0n) is 13.6. The normalized spacial score (nSPS) is 10.9. The Balaban J connectivity index is 1.96. The van der Waals surface area contributed by atoms with E-state index in [1.165, 1.54) is 4.57 Å². The summed E-state index contributed by atoms with van der Waals surface area (Å²) >= 11 is 0. The molecule has 0 radical (unpaired) electrons. The Kier molecular flexibility index (Phi) is 3.81. The summed E-state index contributed by atoms with van der Waals surface area (Å²) in [7, 11) is 0. The van der Waals surface area contributed by atoms with Gasteiger partial charge in [-0.25, -0.2) is 9.78 Å². The maximum absolute atomic E-state index is 12.4. The third-order valence-electron chi connectivity index (χ3n) is 4.11. The molecule has 0 bridgehead atoms. The molecule has 0 aliphatic carbocycles. The van der Waals surface area contributed by atoms with E-state index in [2.05, 4.69) is 15.0 Å². The Morgan fingerprint density at radius 1 is 1.00 bits per heavy atom. The highest BCUT2D eigenvalue weighted by Crippen LogP contribution is 2.27. The molecule has 128 valence electrons. The van der Waals surface area contributed by atoms with E-state index in [1.54, 1.807) is 60.9 Å². The van der Waals surface area contributed by atoms with Gasteiger partial charge in [0.05, 0.1) is 17.6 Å². The number of benzene rings is 1. The quantitative estimate of drug-likeness (QED) is 0.590. The summed E-state index contributed by atoms with van der Waals surface area (Å²) in [5.74, 6) is 0.0761. The maximum atomic E-state index is 12.4. The number of fused-ring (bicyclic) bond motifs is 1. The lowest BCUT2D eigenvalue weighted by atomic mass is 10.1. The number of phenols is 1. The van der Waals surface area contributed by atoms with Crippen LogP contribution in [0.15, 0.2) is 70.5 Å². The van der Waals surface area contributed by atoms with Gasteiger partial charge in [-0.05, 0) is 42.0 Å². The zero-order valence-corrected chi connectivity index (χ0v) is 13.6. The van der Waals surface area contributed by atoms with Gasteiger partial charge in [0.1, 0.15) is 5.75 Å². The van der Waals surface area contributed by atoms with E-state index >= 15 is 0 Å². The highest BCUT2D eigenvalue weighted by atomic mass is 16.3. The number of aromatic hydroxyl groups is 1. The second kappa shape index (κ2) is 6.29. The van der Waals surface area contributed by atoms with Crippen molar-refractivity contribution in [1.29, 1.82) is 0 Å². The SMILES string of the molecule is O=c1[nH]c(=O)n(Cc2ccncc2)c2nc(-c3ccccc3O)ccc12. The van der Waals surface area contributed by atoms with Crippen molar-refractivity contribution < 1.29 is 5.11 Å². The molecule has 4 aromatic rings. The molecule has 3 heterocycles. The maximum Gasteiger partial charge on any atom is 0.330 e. The van der Waals surface area contributed by atoms with E-state index < -0.39 is 11.2 Å². The summed E-state index contributed by atoms with van der Waals surface area (Å²) in [6, 6.07) is 13.6. The van der Waals surface area contributed by atoms with Crippen LogP contribution in [-0.2, 0) is 6.54 Å². The number of hydrogen-bond acceptors (Lipinski definition) is 5. The standard InChI is InChI=1S/C19H14N4O3/c24-16-4-2-1-3-13(16)15-6-5-14-17(21-15)23(19(26)22-18(14)25)11-12-7-9-20-10-8-12/h1-10,24H,11H2,(H,22,25,26). The largest absolute Gasteiger partial charge is 0.507 e. The fourth-order valence-electron chi connectivity index (χ4n) is 2.82. The van der Waals surface area contributed by atoms with E-state index in [0.29, 0.717) is 16.6 Å². The number of nitrogens with one attached hydrogen (secondary N) is 1. The van der Waals surface area contributed by atoms with Crippen LogP contribution in [0.4, 0.5) is 0 Å². The zero-order chi connectivity index (χ0) is 18.1. The predicted octanol–water partition coefficient (Wildman–Crippen LogP) is 1.90. The van der Waals surface area contributed by atoms with Crippen molar-refractivity contribution >= 4 is 11.0 Å². The van der Waals surface area contributed by atoms with Gasteiger partial charge in [-0.3, -0.25) is 19.3 Å². The van der Waals surface area contributed by atoms with Gasteiger partial charge >= 0.3 is 5.69 Å². The van der Waals surface area contributed by atoms with Crippen molar-refractivity contribution in [2.24, 2.45) is 0 Å². The molecule has 26 heavy (non-hydrogen) atoms. The summed E-state index contributed by atoms with van der Waals surface area (Å²) in [5, 5.41) is 10.4. The van der Waals surface area contributed by atoms with Crippen molar-refractivity contribution in [2.75, 3.05) is 0 Å². The van der Waals surface area contributed by atoms with Crippen LogP contribution < -0.4 is 11.2 Å². The highest BCUT2D eigenvalue weighted by Gasteiger charge is 2.12. The minimum absolute atomic E-state index is 0.0761. The van der Waals surface area contributed by atoms with Gasteiger partial charge in [0, 0.05) is 18.0 Å². The molecule has 0 aliphatic heterocycles. The third kappa shape index (κ3) is 2.75. The first-order valence-electron chi connectivity index (χ1n) is 7.94. The van der Waals surface area contributed by atoms with Gasteiger partial charge < -0.3 is 5.11 Å². The van der Waals surface area contributed by atoms with Crippen LogP contribution in [0.2, 0.25) is 0 Å². The lowest BCUT2D eigenvalue weighted by Gasteiger charge is -2.10. The molecule has 0 fully saturated rings. The second-order valence-corrected chi connectivity index (χ2v) is 5.79. The van der Waals surface area contributed by atoms with Gasteiger partial charge in [-0.1, -0.05) is 12.1 Å². The van der Waals surface area contributed by atoms with Crippen molar-refractivity contribution in [1.82, 2.24) is 19.5 Å². The van der Waals surface area contributed by atoms with E-state index in [1.807, 2.05) is 0 Å². The Hall–Kier alpha value is -3.74. The number of aromatic nitrogens is 4. The van der Waals surface area contributed by atoms with Crippen molar-refractivity contribution in [3.05, 3.63) is 87.3 Å². The fourth-order valence-corrected chi connectivity index (χ4v) is 2.82. The average molecular weight is 346 g/mol. The number of para-hydroxylation sites is 1. The van der Waals surface area contributed by atoms with Crippen LogP contribution in [0.25, 0.3) is 22.3 Å². The van der Waals surface area contributed by atoms with E-state index in [4.69, 9.17) is 0 Å². The molecule has 2 N–H and O–H groups in total. The first-order valence-corrected chi connectivity index (χ1v) is 7.94. The van der Waals surface area contributed by atoms with E-state index in [-0.39, 0.29) is 17.9 Å². The van der Waals surface area contributed by atoms with E-state index in [9.17, 15) is 14.7 Å². The number of rotatable bonds is 3. The van der Waals surface area contributed by atoms with Crippen LogP contribution >= 0.6 is 0 Å². The summed E-state index contributed by atoms with van der Waals surface area (Å²) in [6.07, 6.45) is 3.27. The molecule has 0 saturated heterocycles. The molecule has 0 amide bonds. The predicted molar refractivity (Wildman–Crippen MR) is 97.1 cm³/mol. The monoisotopic (exact) mass is 346 g/mol. The summed E-state index contributed by atoms with van der Waals surface area (Å²) in [4.78, 5) is 35.3. The molecule has 7 heteroatoms. The number of hydrogen-bond donors (Lipinski definition) is 2. The molecule has 0 unspecified atom stereocenters. The molecular weight excluding hydrogens is 332 g/mol. The van der Waals surface area contributed by atoms with Crippen molar-refractivity contribution in [2.45, 2.75) is 6.54 Å². The molecule has 3 aromatic heterocycles. The van der Waals surface area contributed by atoms with Crippen LogP contribution in [0.5, 0.6) is 5.75 Å². The number of phenolic OH excluding ortho intramolecular Hbond substituents is 1. The number of H-pyrrole nitrogens is 1. The first kappa shape index (κ1) is 15.8. The minimum atomic E-state index is -0.541. The molecular formula is C19H14N4O3. The first-order chi connectivity index (χ1) is 12.6. The Bertz CT molecular complexity index is 1210. The summed E-state index contributed by atoms with van der Waals surface area (Å²) < 4.78 is 1.40. The minimum Gasteiger partial charge on any atom is -0.507 e.